The number of benzene rings is 2. The van der Waals surface area contributed by atoms with Crippen LogP contribution in [0.5, 0.6) is 0 Å². The molecule has 0 amide bonds. The number of aromatic nitrogens is 4. The van der Waals surface area contributed by atoms with E-state index in [1.54, 1.807) is 30.3 Å². The molecule has 0 spiro atoms. The summed E-state index contributed by atoms with van der Waals surface area (Å²) in [5.41, 5.74) is 7.05. The highest BCUT2D eigenvalue weighted by Gasteiger charge is 2.30. The topological polar surface area (TPSA) is 130 Å². The number of alkyl halides is 3. The maximum atomic E-state index is 13.0. The second kappa shape index (κ2) is 8.69. The number of hydrogen-bond donors (Lipinski definition) is 4. The highest BCUT2D eigenvalue weighted by molar-refractivity contribution is 5.95. The van der Waals surface area contributed by atoms with Gasteiger partial charge >= 0.3 is 6.18 Å². The molecule has 0 aliphatic carbocycles. The van der Waals surface area contributed by atoms with Crippen molar-refractivity contribution < 1.29 is 23.1 Å². The van der Waals surface area contributed by atoms with Gasteiger partial charge in [-0.2, -0.15) is 23.3 Å². The monoisotopic (exact) mass is 430 g/mol. The fraction of sp³-hybridized carbons (Fsp3) is 0.100. The summed E-state index contributed by atoms with van der Waals surface area (Å²) in [7, 11) is 0. The molecule has 0 aliphatic rings. The Bertz CT molecular complexity index is 1220. The fourth-order valence-corrected chi connectivity index (χ4v) is 2.75. The smallest absolute Gasteiger partial charge is 0.416 e. The number of rotatable bonds is 3. The Morgan fingerprint density at radius 3 is 2.58 bits per heavy atom. The Labute approximate surface area is 174 Å². The van der Waals surface area contributed by atoms with Crippen LogP contribution in [-0.4, -0.2) is 31.2 Å². The molecule has 4 rings (SSSR count). The van der Waals surface area contributed by atoms with Crippen LogP contribution in [0.2, 0.25) is 0 Å². The third-order valence-electron chi connectivity index (χ3n) is 3.97. The predicted molar refractivity (Wildman–Crippen MR) is 110 cm³/mol. The lowest BCUT2D eigenvalue weighted by molar-refractivity contribution is -0.137. The van der Waals surface area contributed by atoms with Crippen LogP contribution in [-0.2, 0) is 11.0 Å². The molecule has 31 heavy (non-hydrogen) atoms. The van der Waals surface area contributed by atoms with Crippen molar-refractivity contribution in [1.29, 1.82) is 0 Å². The largest absolute Gasteiger partial charge is 0.481 e. The number of hydrogen-bond acceptors (Lipinski definition) is 6. The van der Waals surface area contributed by atoms with Gasteiger partial charge in [0.2, 0.25) is 5.95 Å². The molecule has 8 nitrogen and oxygen atoms in total. The molecule has 0 saturated heterocycles. The van der Waals surface area contributed by atoms with Crippen molar-refractivity contribution in [2.24, 2.45) is 0 Å². The van der Waals surface area contributed by atoms with Crippen LogP contribution in [0.1, 0.15) is 12.5 Å². The van der Waals surface area contributed by atoms with E-state index in [9.17, 15) is 13.2 Å². The van der Waals surface area contributed by atoms with Crippen LogP contribution in [0.3, 0.4) is 0 Å². The number of nitrogens with zero attached hydrogens (tertiary/aromatic N) is 3. The zero-order valence-electron chi connectivity index (χ0n) is 16.1. The summed E-state index contributed by atoms with van der Waals surface area (Å²) in [5.74, 6) is -0.194. The van der Waals surface area contributed by atoms with Crippen molar-refractivity contribution >= 4 is 34.3 Å². The lowest BCUT2D eigenvalue weighted by atomic mass is 10.0. The van der Waals surface area contributed by atoms with Gasteiger partial charge in [0.1, 0.15) is 5.82 Å². The lowest BCUT2D eigenvalue weighted by Gasteiger charge is -2.08. The van der Waals surface area contributed by atoms with Crippen molar-refractivity contribution in [3.63, 3.8) is 0 Å². The van der Waals surface area contributed by atoms with Gasteiger partial charge in [-0.1, -0.05) is 12.1 Å². The maximum Gasteiger partial charge on any atom is 0.416 e. The van der Waals surface area contributed by atoms with E-state index in [1.807, 2.05) is 0 Å². The van der Waals surface area contributed by atoms with Gasteiger partial charge in [0.25, 0.3) is 5.97 Å². The molecular weight excluding hydrogens is 413 g/mol. The molecule has 0 fully saturated rings. The molecule has 0 unspecified atom stereocenters. The van der Waals surface area contributed by atoms with Gasteiger partial charge in [-0.25, -0.2) is 4.98 Å². The molecule has 2 aromatic carbocycles. The molecule has 160 valence electrons. The minimum atomic E-state index is -4.41. The minimum absolute atomic E-state index is 0.133. The van der Waals surface area contributed by atoms with Crippen LogP contribution >= 0.6 is 0 Å². The Kier molecular flexibility index (Phi) is 6.05. The van der Waals surface area contributed by atoms with E-state index < -0.39 is 17.7 Å². The number of carboxylic acid groups (broad SMARTS) is 1. The first-order valence-electron chi connectivity index (χ1n) is 8.84. The molecular formula is C20H17F3N6O2. The quantitative estimate of drug-likeness (QED) is 0.378. The Morgan fingerprint density at radius 2 is 1.90 bits per heavy atom. The SMILES string of the molecule is CC(=O)O.Nc1nccc(Nc2ccc3[nH]nc(-c4cccc(C(F)(F)F)c4)c3c2)n1. The minimum Gasteiger partial charge on any atom is -0.481 e. The molecule has 0 radical (unpaired) electrons. The Hall–Kier alpha value is -4.15. The summed E-state index contributed by atoms with van der Waals surface area (Å²) in [5, 5.41) is 18.2. The molecule has 4 aromatic rings. The van der Waals surface area contributed by atoms with Gasteiger partial charge in [0.05, 0.1) is 16.8 Å². The number of nitrogen functional groups attached to an aromatic ring is 1. The van der Waals surface area contributed by atoms with Crippen molar-refractivity contribution in [2.45, 2.75) is 13.1 Å². The lowest BCUT2D eigenvalue weighted by Crippen LogP contribution is -2.04. The first-order valence-corrected chi connectivity index (χ1v) is 8.84. The van der Waals surface area contributed by atoms with Crippen molar-refractivity contribution in [3.8, 4) is 11.3 Å². The summed E-state index contributed by atoms with van der Waals surface area (Å²) in [6.07, 6.45) is -2.89. The number of nitrogens with one attached hydrogen (secondary N) is 2. The average Bonchev–Trinajstić information content (AvgIpc) is 3.10. The third-order valence-corrected chi connectivity index (χ3v) is 3.97. The second-order valence-corrected chi connectivity index (χ2v) is 6.36. The number of nitrogens with two attached hydrogens (primary N) is 1. The van der Waals surface area contributed by atoms with E-state index in [-0.39, 0.29) is 5.95 Å². The van der Waals surface area contributed by atoms with Crippen LogP contribution < -0.4 is 11.1 Å². The van der Waals surface area contributed by atoms with Crippen LogP contribution in [0, 0.1) is 0 Å². The van der Waals surface area contributed by atoms with Gasteiger partial charge in [-0.3, -0.25) is 9.89 Å². The van der Waals surface area contributed by atoms with Gasteiger partial charge in [-0.05, 0) is 36.4 Å². The van der Waals surface area contributed by atoms with E-state index in [1.165, 1.54) is 12.3 Å². The highest BCUT2D eigenvalue weighted by atomic mass is 19.4. The van der Waals surface area contributed by atoms with Gasteiger partial charge in [-0.15, -0.1) is 0 Å². The standard InChI is InChI=1S/C18H13F3N6.C2H4O2/c19-18(20,21)11-3-1-2-10(8-11)16-13-9-12(4-5-14(13)26-27-16)24-15-6-7-23-17(22)25-15;1-2(3)4/h1-9H,(H,26,27)(H3,22,23,24,25);1H3,(H,3,4). The van der Waals surface area contributed by atoms with Crippen molar-refractivity contribution in [1.82, 2.24) is 20.2 Å². The summed E-state index contributed by atoms with van der Waals surface area (Å²) in [6.45, 7) is 1.08. The molecule has 11 heteroatoms. The normalized spacial score (nSPS) is 11.0. The third kappa shape index (κ3) is 5.47. The van der Waals surface area contributed by atoms with E-state index in [2.05, 4.69) is 25.5 Å². The van der Waals surface area contributed by atoms with Crippen molar-refractivity contribution in [2.75, 3.05) is 11.1 Å². The number of H-pyrrole nitrogens is 1. The molecule has 0 bridgehead atoms. The van der Waals surface area contributed by atoms with Gasteiger partial charge in [0.15, 0.2) is 0 Å². The molecule has 0 aliphatic heterocycles. The van der Waals surface area contributed by atoms with Crippen LogP contribution in [0.4, 0.5) is 30.6 Å². The fourth-order valence-electron chi connectivity index (χ4n) is 2.75. The summed E-state index contributed by atoms with van der Waals surface area (Å²) in [4.78, 5) is 16.9. The molecule has 5 N–H and O–H groups in total. The van der Waals surface area contributed by atoms with E-state index in [4.69, 9.17) is 15.6 Å². The Morgan fingerprint density at radius 1 is 1.16 bits per heavy atom. The number of anilines is 3. The number of carbonyl (C=O) groups is 1. The van der Waals surface area contributed by atoms with Crippen LogP contribution in [0.15, 0.2) is 54.7 Å². The second-order valence-electron chi connectivity index (χ2n) is 6.36. The first-order chi connectivity index (χ1) is 14.6. The number of aliphatic carboxylic acids is 1. The summed E-state index contributed by atoms with van der Waals surface area (Å²) >= 11 is 0. The Balaban J connectivity index is 0.000000628. The predicted octanol–water partition coefficient (Wildman–Crippen LogP) is 4.46. The number of carboxylic acids is 1. The van der Waals surface area contributed by atoms with Gasteiger partial charge in [0, 0.05) is 29.8 Å². The summed E-state index contributed by atoms with van der Waals surface area (Å²) in [6, 6.07) is 12.1. The van der Waals surface area contributed by atoms with Crippen molar-refractivity contribution in [3.05, 3.63) is 60.3 Å². The average molecular weight is 430 g/mol. The maximum absolute atomic E-state index is 13.0. The number of halogens is 3. The number of fused-ring (bicyclic) bond motifs is 1. The van der Waals surface area contributed by atoms with Crippen LogP contribution in [0.25, 0.3) is 22.2 Å². The molecule has 2 heterocycles. The highest BCUT2D eigenvalue weighted by Crippen LogP contribution is 2.34. The number of aromatic amines is 1. The van der Waals surface area contributed by atoms with Gasteiger partial charge < -0.3 is 16.2 Å². The summed E-state index contributed by atoms with van der Waals surface area (Å²) < 4.78 is 39.0. The zero-order valence-corrected chi connectivity index (χ0v) is 16.1. The molecule has 0 saturated carbocycles. The van der Waals surface area contributed by atoms with E-state index >= 15 is 0 Å². The van der Waals surface area contributed by atoms with E-state index in [0.717, 1.165) is 19.1 Å². The first kappa shape index (κ1) is 21.6. The molecule has 2 aromatic heterocycles. The van der Waals surface area contributed by atoms with E-state index in [0.29, 0.717) is 33.7 Å². The molecule has 0 atom stereocenters. The zero-order chi connectivity index (χ0) is 22.6.